The van der Waals surface area contributed by atoms with Crippen molar-refractivity contribution >= 4 is 17.5 Å². The molecule has 5 heteroatoms. The van der Waals surface area contributed by atoms with Crippen molar-refractivity contribution in [2.24, 2.45) is 11.1 Å². The average Bonchev–Trinajstić information content (AvgIpc) is 2.20. The Bertz CT molecular complexity index is 443. The van der Waals surface area contributed by atoms with E-state index in [4.69, 9.17) is 17.3 Å². The molecule has 0 spiro atoms. The minimum Gasteiger partial charge on any atom is -0.368 e. The van der Waals surface area contributed by atoms with Crippen LogP contribution in [-0.2, 0) is 11.3 Å². The number of hydrogen-bond donors (Lipinski definition) is 2. The molecule has 1 atom stereocenters. The van der Waals surface area contributed by atoms with Crippen LogP contribution in [0.5, 0.6) is 0 Å². The summed E-state index contributed by atoms with van der Waals surface area (Å²) >= 11 is 5.80. The van der Waals surface area contributed by atoms with Crippen molar-refractivity contribution in [3.63, 3.8) is 0 Å². The van der Waals surface area contributed by atoms with Crippen LogP contribution >= 0.6 is 11.6 Å². The Morgan fingerprint density at radius 1 is 1.50 bits per heavy atom. The molecule has 18 heavy (non-hydrogen) atoms. The van der Waals surface area contributed by atoms with E-state index in [-0.39, 0.29) is 17.8 Å². The van der Waals surface area contributed by atoms with Crippen molar-refractivity contribution in [1.29, 1.82) is 0 Å². The number of carbonyl (C=O) groups excluding carboxylic acids is 1. The molecule has 3 nitrogen and oxygen atoms in total. The molecule has 1 amide bonds. The summed E-state index contributed by atoms with van der Waals surface area (Å²) in [5.74, 6) is -0.811. The highest BCUT2D eigenvalue weighted by Gasteiger charge is 2.29. The molecule has 0 radical (unpaired) electrons. The van der Waals surface area contributed by atoms with Gasteiger partial charge in [-0.1, -0.05) is 32.4 Å². The Labute approximate surface area is 112 Å². The predicted molar refractivity (Wildman–Crippen MR) is 70.7 cm³/mol. The summed E-state index contributed by atoms with van der Waals surface area (Å²) in [6.45, 7) is 5.88. The zero-order chi connectivity index (χ0) is 13.9. The molecule has 0 aliphatic heterocycles. The van der Waals surface area contributed by atoms with Gasteiger partial charge in [0.15, 0.2) is 0 Å². The van der Waals surface area contributed by atoms with Crippen LogP contribution in [0.3, 0.4) is 0 Å². The number of primary amides is 1. The topological polar surface area (TPSA) is 55.1 Å². The second kappa shape index (κ2) is 5.67. The average molecular weight is 273 g/mol. The number of amides is 1. The first-order valence-electron chi connectivity index (χ1n) is 5.68. The highest BCUT2D eigenvalue weighted by molar-refractivity contribution is 6.30. The number of halogens is 2. The van der Waals surface area contributed by atoms with Gasteiger partial charge in [0.25, 0.3) is 0 Å². The van der Waals surface area contributed by atoms with Gasteiger partial charge < -0.3 is 11.1 Å². The number of nitrogens with two attached hydrogens (primary N) is 1. The molecule has 0 fully saturated rings. The van der Waals surface area contributed by atoms with Gasteiger partial charge in [0.05, 0.1) is 6.04 Å². The molecule has 1 rings (SSSR count). The van der Waals surface area contributed by atoms with Gasteiger partial charge in [-0.25, -0.2) is 4.39 Å². The number of hydrogen-bond acceptors (Lipinski definition) is 2. The molecular formula is C13H18ClFN2O. The van der Waals surface area contributed by atoms with Gasteiger partial charge in [0, 0.05) is 17.1 Å². The van der Waals surface area contributed by atoms with Crippen molar-refractivity contribution < 1.29 is 9.18 Å². The molecule has 0 aliphatic rings. The first-order chi connectivity index (χ1) is 8.21. The van der Waals surface area contributed by atoms with Crippen molar-refractivity contribution in [2.45, 2.75) is 33.4 Å². The van der Waals surface area contributed by atoms with Crippen LogP contribution in [0.1, 0.15) is 26.3 Å². The maximum atomic E-state index is 13.5. The van der Waals surface area contributed by atoms with E-state index in [9.17, 15) is 9.18 Å². The molecule has 1 aromatic rings. The summed E-state index contributed by atoms with van der Waals surface area (Å²) in [5, 5.41) is 3.43. The minimum absolute atomic E-state index is 0.206. The molecule has 0 heterocycles. The predicted octanol–water partition coefficient (Wildman–Crippen LogP) is 2.47. The van der Waals surface area contributed by atoms with E-state index in [1.165, 1.54) is 18.2 Å². The maximum Gasteiger partial charge on any atom is 0.235 e. The first kappa shape index (κ1) is 14.9. The Hall–Kier alpha value is -1.13. The van der Waals surface area contributed by atoms with Crippen LogP contribution in [0, 0.1) is 11.2 Å². The molecule has 0 aliphatic carbocycles. The minimum atomic E-state index is -0.532. The standard InChI is InChI=1S/C13H18ClFN2O/c1-13(2,3)11(12(16)18)17-7-8-6-9(14)4-5-10(8)15/h4-6,11,17H,7H2,1-3H3,(H2,16,18). The third-order valence-corrected chi connectivity index (χ3v) is 2.89. The highest BCUT2D eigenvalue weighted by atomic mass is 35.5. The van der Waals surface area contributed by atoms with E-state index in [0.717, 1.165) is 0 Å². The number of carbonyl (C=O) groups is 1. The second-order valence-corrected chi connectivity index (χ2v) is 5.75. The highest BCUT2D eigenvalue weighted by Crippen LogP contribution is 2.20. The normalized spacial score (nSPS) is 13.4. The molecule has 0 saturated carbocycles. The Kier molecular flexibility index (Phi) is 4.71. The Balaban J connectivity index is 2.79. The van der Waals surface area contributed by atoms with E-state index in [1.807, 2.05) is 20.8 Å². The lowest BCUT2D eigenvalue weighted by atomic mass is 9.86. The van der Waals surface area contributed by atoms with Crippen LogP contribution in [0.2, 0.25) is 5.02 Å². The van der Waals surface area contributed by atoms with Crippen LogP contribution in [-0.4, -0.2) is 11.9 Å². The summed E-state index contributed by atoms with van der Waals surface area (Å²) in [7, 11) is 0. The van der Waals surface area contributed by atoms with Crippen LogP contribution in [0.4, 0.5) is 4.39 Å². The third kappa shape index (κ3) is 3.96. The summed E-state index contributed by atoms with van der Waals surface area (Å²) in [5.41, 5.74) is 5.42. The van der Waals surface area contributed by atoms with Gasteiger partial charge in [0.2, 0.25) is 5.91 Å². The summed E-state index contributed by atoms with van der Waals surface area (Å²) in [6, 6.07) is 3.78. The lowest BCUT2D eigenvalue weighted by molar-refractivity contribution is -0.122. The van der Waals surface area contributed by atoms with Crippen molar-refractivity contribution in [2.75, 3.05) is 0 Å². The fourth-order valence-electron chi connectivity index (χ4n) is 1.72. The lowest BCUT2D eigenvalue weighted by Crippen LogP contribution is -2.49. The van der Waals surface area contributed by atoms with Crippen molar-refractivity contribution in [3.8, 4) is 0 Å². The van der Waals surface area contributed by atoms with Crippen molar-refractivity contribution in [3.05, 3.63) is 34.6 Å². The van der Waals surface area contributed by atoms with E-state index in [0.29, 0.717) is 10.6 Å². The fourth-order valence-corrected chi connectivity index (χ4v) is 1.92. The number of nitrogens with one attached hydrogen (secondary N) is 1. The smallest absolute Gasteiger partial charge is 0.235 e. The molecule has 3 N–H and O–H groups in total. The van der Waals surface area contributed by atoms with E-state index >= 15 is 0 Å². The van der Waals surface area contributed by atoms with Crippen LogP contribution in [0.25, 0.3) is 0 Å². The molecule has 0 aromatic heterocycles. The molecule has 100 valence electrons. The monoisotopic (exact) mass is 272 g/mol. The number of rotatable bonds is 4. The second-order valence-electron chi connectivity index (χ2n) is 5.32. The zero-order valence-corrected chi connectivity index (χ0v) is 11.5. The van der Waals surface area contributed by atoms with Gasteiger partial charge in [-0.3, -0.25) is 4.79 Å². The lowest BCUT2D eigenvalue weighted by Gasteiger charge is -2.29. The van der Waals surface area contributed by atoms with Crippen molar-refractivity contribution in [1.82, 2.24) is 5.32 Å². The van der Waals surface area contributed by atoms with E-state index in [2.05, 4.69) is 5.32 Å². The molecule has 1 aromatic carbocycles. The largest absolute Gasteiger partial charge is 0.368 e. The van der Waals surface area contributed by atoms with Gasteiger partial charge in [0.1, 0.15) is 5.82 Å². The van der Waals surface area contributed by atoms with Gasteiger partial charge in [-0.15, -0.1) is 0 Å². The summed E-state index contributed by atoms with van der Waals surface area (Å²) < 4.78 is 13.5. The Morgan fingerprint density at radius 2 is 2.11 bits per heavy atom. The van der Waals surface area contributed by atoms with Crippen LogP contribution in [0.15, 0.2) is 18.2 Å². The molecule has 0 bridgehead atoms. The first-order valence-corrected chi connectivity index (χ1v) is 6.06. The van der Waals surface area contributed by atoms with Gasteiger partial charge in [-0.2, -0.15) is 0 Å². The fraction of sp³-hybridized carbons (Fsp3) is 0.462. The molecule has 0 saturated heterocycles. The summed E-state index contributed by atoms with van der Waals surface area (Å²) in [4.78, 5) is 11.4. The molecule has 1 unspecified atom stereocenters. The summed E-state index contributed by atoms with van der Waals surface area (Å²) in [6.07, 6.45) is 0. The van der Waals surface area contributed by atoms with Gasteiger partial charge >= 0.3 is 0 Å². The van der Waals surface area contributed by atoms with Gasteiger partial charge in [-0.05, 0) is 23.6 Å². The van der Waals surface area contributed by atoms with E-state index < -0.39 is 11.9 Å². The number of benzene rings is 1. The quantitative estimate of drug-likeness (QED) is 0.885. The maximum absolute atomic E-state index is 13.5. The van der Waals surface area contributed by atoms with Crippen LogP contribution < -0.4 is 11.1 Å². The SMILES string of the molecule is CC(C)(C)C(NCc1cc(Cl)ccc1F)C(N)=O. The third-order valence-electron chi connectivity index (χ3n) is 2.65. The van der Waals surface area contributed by atoms with E-state index in [1.54, 1.807) is 0 Å². The zero-order valence-electron chi connectivity index (χ0n) is 10.8. The molecular weight excluding hydrogens is 255 g/mol. The Morgan fingerprint density at radius 3 is 2.61 bits per heavy atom.